The molecule has 3 rings (SSSR count). The Bertz CT molecular complexity index is 976. The van der Waals surface area contributed by atoms with Crippen molar-refractivity contribution in [2.45, 2.75) is 6.92 Å². The fourth-order valence-electron chi connectivity index (χ4n) is 2.87. The minimum absolute atomic E-state index is 0.0193. The number of benzene rings is 3. The number of aliphatic hydroxyl groups excluding tert-OH is 1. The summed E-state index contributed by atoms with van der Waals surface area (Å²) in [4.78, 5) is 0. The van der Waals surface area contributed by atoms with Crippen LogP contribution in [-0.2, 0) is 0 Å². The highest BCUT2D eigenvalue weighted by atomic mass is 16.5. The van der Waals surface area contributed by atoms with Gasteiger partial charge in [0.15, 0.2) is 0 Å². The number of rotatable bonds is 8. The van der Waals surface area contributed by atoms with Gasteiger partial charge in [0.05, 0.1) is 13.2 Å². The summed E-state index contributed by atoms with van der Waals surface area (Å²) in [6.45, 7) is 6.49. The Morgan fingerprint density at radius 2 is 1.10 bits per heavy atom. The predicted octanol–water partition coefficient (Wildman–Crippen LogP) is 6.43. The first-order chi connectivity index (χ1) is 14.2. The Morgan fingerprint density at radius 3 is 1.48 bits per heavy atom. The van der Waals surface area contributed by atoms with Crippen molar-refractivity contribution in [3.63, 3.8) is 0 Å². The van der Waals surface area contributed by atoms with Crippen LogP contribution in [0.3, 0.4) is 0 Å². The van der Waals surface area contributed by atoms with Crippen LogP contribution in [0.2, 0.25) is 0 Å². The molecule has 0 amide bonds. The van der Waals surface area contributed by atoms with E-state index in [1.54, 1.807) is 0 Å². The third-order valence-electron chi connectivity index (χ3n) is 4.57. The summed E-state index contributed by atoms with van der Waals surface area (Å²) in [5, 5.41) is 9.14. The van der Waals surface area contributed by atoms with E-state index in [0.717, 1.165) is 39.1 Å². The molecule has 3 aromatic carbocycles. The summed E-state index contributed by atoms with van der Waals surface area (Å²) in [6, 6.07) is 24.5. The molecule has 1 N–H and O–H groups in total. The van der Waals surface area contributed by atoms with Crippen molar-refractivity contribution in [3.8, 4) is 5.75 Å². The molecule has 0 aliphatic rings. The first kappa shape index (κ1) is 20.4. The van der Waals surface area contributed by atoms with Crippen LogP contribution in [0.5, 0.6) is 5.75 Å². The Hall–Kier alpha value is -3.36. The molecule has 3 aromatic rings. The van der Waals surface area contributed by atoms with Gasteiger partial charge >= 0.3 is 0 Å². The Balaban J connectivity index is 1.60. The van der Waals surface area contributed by atoms with Gasteiger partial charge in [0.25, 0.3) is 0 Å². The van der Waals surface area contributed by atoms with Gasteiger partial charge in [-0.05, 0) is 52.4 Å². The van der Waals surface area contributed by atoms with Crippen LogP contribution >= 0.6 is 0 Å². The molecule has 0 saturated carbocycles. The zero-order valence-electron chi connectivity index (χ0n) is 16.7. The van der Waals surface area contributed by atoms with Crippen molar-refractivity contribution in [1.29, 1.82) is 0 Å². The molecule has 0 radical (unpaired) electrons. The van der Waals surface area contributed by atoms with E-state index in [1.807, 2.05) is 43.3 Å². The van der Waals surface area contributed by atoms with Gasteiger partial charge in [-0.1, -0.05) is 91.5 Å². The average Bonchev–Trinajstić information content (AvgIpc) is 2.78. The smallest absolute Gasteiger partial charge is 0.119 e. The van der Waals surface area contributed by atoms with E-state index in [4.69, 9.17) is 9.84 Å². The molecule has 29 heavy (non-hydrogen) atoms. The number of hydrogen-bond donors (Lipinski definition) is 1. The van der Waals surface area contributed by atoms with E-state index in [2.05, 4.69) is 67.3 Å². The third kappa shape index (κ3) is 6.06. The van der Waals surface area contributed by atoms with Crippen LogP contribution in [0, 0.1) is 0 Å². The van der Waals surface area contributed by atoms with Crippen molar-refractivity contribution in [1.82, 2.24) is 0 Å². The number of hydrogen-bond acceptors (Lipinski definition) is 2. The van der Waals surface area contributed by atoms with Crippen LogP contribution in [0.4, 0.5) is 0 Å². The first-order valence-electron chi connectivity index (χ1n) is 9.76. The van der Waals surface area contributed by atoms with Crippen molar-refractivity contribution in [2.24, 2.45) is 0 Å². The molecule has 0 unspecified atom stereocenters. The molecule has 146 valence electrons. The van der Waals surface area contributed by atoms with Crippen molar-refractivity contribution < 1.29 is 9.84 Å². The van der Waals surface area contributed by atoms with Crippen LogP contribution in [0.25, 0.3) is 29.9 Å². The van der Waals surface area contributed by atoms with Crippen molar-refractivity contribution >= 4 is 29.9 Å². The van der Waals surface area contributed by atoms with E-state index in [0.29, 0.717) is 6.61 Å². The molecule has 2 heteroatoms. The molecule has 2 nitrogen and oxygen atoms in total. The van der Waals surface area contributed by atoms with E-state index < -0.39 is 0 Å². The summed E-state index contributed by atoms with van der Waals surface area (Å²) in [7, 11) is 0. The lowest BCUT2D eigenvalue weighted by Gasteiger charge is -2.03. The molecular formula is C27H26O2. The van der Waals surface area contributed by atoms with Gasteiger partial charge in [0, 0.05) is 0 Å². The standard InChI is InChI=1S/C27H26O2/c1-3-29-27-18-14-25(15-19-27)11-9-23-6-4-22(5-7-23)8-10-24-12-16-26(17-13-24)21(2)20-28/h4-19,28H,2-3,20H2,1H3. The zero-order valence-corrected chi connectivity index (χ0v) is 16.7. The summed E-state index contributed by atoms with van der Waals surface area (Å²) in [6.07, 6.45) is 8.38. The van der Waals surface area contributed by atoms with E-state index in [-0.39, 0.29) is 6.61 Å². The Morgan fingerprint density at radius 1 is 0.724 bits per heavy atom. The first-order valence-corrected chi connectivity index (χ1v) is 9.76. The SMILES string of the molecule is C=C(CO)c1ccc(C=Cc2ccc(C=Cc3ccc(OCC)cc3)cc2)cc1. The maximum Gasteiger partial charge on any atom is 0.119 e. The molecule has 0 atom stereocenters. The minimum atomic E-state index is -0.0193. The lowest BCUT2D eigenvalue weighted by Crippen LogP contribution is -1.90. The third-order valence-corrected chi connectivity index (χ3v) is 4.57. The highest BCUT2D eigenvalue weighted by Crippen LogP contribution is 2.17. The molecule has 0 heterocycles. The molecule has 0 saturated heterocycles. The van der Waals surface area contributed by atoms with Gasteiger partial charge in [-0.15, -0.1) is 0 Å². The second kappa shape index (κ2) is 10.3. The van der Waals surface area contributed by atoms with E-state index >= 15 is 0 Å². The fourth-order valence-corrected chi connectivity index (χ4v) is 2.87. The van der Waals surface area contributed by atoms with Crippen LogP contribution in [0.1, 0.15) is 34.7 Å². The van der Waals surface area contributed by atoms with Gasteiger partial charge in [0.2, 0.25) is 0 Å². The second-order valence-corrected chi connectivity index (χ2v) is 6.72. The summed E-state index contributed by atoms with van der Waals surface area (Å²) >= 11 is 0. The molecule has 0 aliphatic carbocycles. The fraction of sp³-hybridized carbons (Fsp3) is 0.111. The normalized spacial score (nSPS) is 11.2. The highest BCUT2D eigenvalue weighted by Gasteiger charge is 1.97. The van der Waals surface area contributed by atoms with Gasteiger partial charge in [-0.2, -0.15) is 0 Å². The predicted molar refractivity (Wildman–Crippen MR) is 124 cm³/mol. The van der Waals surface area contributed by atoms with Crippen molar-refractivity contribution in [2.75, 3.05) is 13.2 Å². The van der Waals surface area contributed by atoms with Crippen LogP contribution in [-0.4, -0.2) is 18.3 Å². The number of aliphatic hydroxyl groups is 1. The van der Waals surface area contributed by atoms with Crippen molar-refractivity contribution in [3.05, 3.63) is 107 Å². The second-order valence-electron chi connectivity index (χ2n) is 6.72. The molecule has 0 bridgehead atoms. The Kier molecular flexibility index (Phi) is 7.21. The topological polar surface area (TPSA) is 29.5 Å². The molecule has 0 fully saturated rings. The minimum Gasteiger partial charge on any atom is -0.494 e. The summed E-state index contributed by atoms with van der Waals surface area (Å²) < 4.78 is 5.47. The lowest BCUT2D eigenvalue weighted by molar-refractivity contribution is 0.340. The van der Waals surface area contributed by atoms with Gasteiger partial charge in [-0.25, -0.2) is 0 Å². The van der Waals surface area contributed by atoms with Gasteiger partial charge in [-0.3, -0.25) is 0 Å². The molecule has 0 spiro atoms. The maximum absolute atomic E-state index is 9.14. The van der Waals surface area contributed by atoms with Gasteiger partial charge in [0.1, 0.15) is 5.75 Å². The number of ether oxygens (including phenoxy) is 1. The quantitative estimate of drug-likeness (QED) is 0.455. The van der Waals surface area contributed by atoms with Gasteiger partial charge < -0.3 is 9.84 Å². The average molecular weight is 383 g/mol. The summed E-state index contributed by atoms with van der Waals surface area (Å²) in [5.41, 5.74) is 6.25. The van der Waals surface area contributed by atoms with Crippen LogP contribution < -0.4 is 4.74 Å². The Labute approximate surface area is 173 Å². The summed E-state index contributed by atoms with van der Waals surface area (Å²) in [5.74, 6) is 0.897. The van der Waals surface area contributed by atoms with E-state index in [9.17, 15) is 0 Å². The molecule has 0 aromatic heterocycles. The molecular weight excluding hydrogens is 356 g/mol. The van der Waals surface area contributed by atoms with E-state index in [1.165, 1.54) is 0 Å². The highest BCUT2D eigenvalue weighted by molar-refractivity contribution is 5.74. The van der Waals surface area contributed by atoms with Crippen LogP contribution in [0.15, 0.2) is 79.4 Å². The maximum atomic E-state index is 9.14. The lowest BCUT2D eigenvalue weighted by atomic mass is 10.0. The monoisotopic (exact) mass is 382 g/mol. The zero-order chi connectivity index (χ0) is 20.5. The molecule has 0 aliphatic heterocycles. The largest absolute Gasteiger partial charge is 0.494 e.